The molecule has 0 radical (unpaired) electrons. The molecule has 0 saturated heterocycles. The van der Waals surface area contributed by atoms with Gasteiger partial charge in [0.1, 0.15) is 0 Å². The van der Waals surface area contributed by atoms with Gasteiger partial charge < -0.3 is 5.32 Å². The molecule has 1 aromatic rings. The number of amides is 1. The van der Waals surface area contributed by atoms with E-state index >= 15 is 0 Å². The number of hydrogen-bond donors (Lipinski definition) is 1. The second-order valence-electron chi connectivity index (χ2n) is 3.65. The largest absolute Gasteiger partial charge is 0.350 e. The Kier molecular flexibility index (Phi) is 3.69. The third-order valence-corrected chi connectivity index (χ3v) is 2.27. The van der Waals surface area contributed by atoms with E-state index in [1.54, 1.807) is 0 Å². The number of carbonyl (C=O) groups excluding carboxylic acids is 1. The van der Waals surface area contributed by atoms with Crippen LogP contribution >= 0.6 is 0 Å². The van der Waals surface area contributed by atoms with Gasteiger partial charge in [0.2, 0.25) is 0 Å². The third-order valence-electron chi connectivity index (χ3n) is 2.27. The fourth-order valence-corrected chi connectivity index (χ4v) is 1.20. The second kappa shape index (κ2) is 4.80. The van der Waals surface area contributed by atoms with Crippen LogP contribution in [0, 0.1) is 6.92 Å². The Balaban J connectivity index is 2.70. The van der Waals surface area contributed by atoms with E-state index in [0.29, 0.717) is 0 Å². The second-order valence-corrected chi connectivity index (χ2v) is 3.65. The first-order chi connectivity index (χ1) is 6.63. The number of benzene rings is 1. The highest BCUT2D eigenvalue weighted by Crippen LogP contribution is 2.04. The van der Waals surface area contributed by atoms with Gasteiger partial charge in [0.25, 0.3) is 5.91 Å². The van der Waals surface area contributed by atoms with Crippen LogP contribution in [0.15, 0.2) is 24.3 Å². The summed E-state index contributed by atoms with van der Waals surface area (Å²) in [6.45, 7) is 6.05. The van der Waals surface area contributed by atoms with Crippen LogP contribution in [-0.2, 0) is 0 Å². The van der Waals surface area contributed by atoms with E-state index in [9.17, 15) is 4.79 Å². The summed E-state index contributed by atoms with van der Waals surface area (Å²) in [4.78, 5) is 11.7. The van der Waals surface area contributed by atoms with E-state index in [2.05, 4.69) is 12.2 Å². The monoisotopic (exact) mass is 191 g/mol. The molecule has 0 fully saturated rings. The van der Waals surface area contributed by atoms with Crippen LogP contribution in [-0.4, -0.2) is 11.9 Å². The first-order valence-electron chi connectivity index (χ1n) is 5.01. The summed E-state index contributed by atoms with van der Waals surface area (Å²) < 4.78 is 0. The van der Waals surface area contributed by atoms with Gasteiger partial charge in [-0.25, -0.2) is 0 Å². The van der Waals surface area contributed by atoms with Crippen molar-refractivity contribution >= 4 is 5.91 Å². The molecular weight excluding hydrogens is 174 g/mol. The van der Waals surface area contributed by atoms with E-state index in [-0.39, 0.29) is 11.9 Å². The molecule has 0 heterocycles. The van der Waals surface area contributed by atoms with Gasteiger partial charge in [-0.1, -0.05) is 24.6 Å². The summed E-state index contributed by atoms with van der Waals surface area (Å²) in [5.41, 5.74) is 1.85. The minimum Gasteiger partial charge on any atom is -0.350 e. The van der Waals surface area contributed by atoms with E-state index in [4.69, 9.17) is 0 Å². The average molecular weight is 191 g/mol. The third kappa shape index (κ3) is 2.87. The van der Waals surface area contributed by atoms with Crippen LogP contribution in [0.2, 0.25) is 0 Å². The molecule has 1 N–H and O–H groups in total. The Bertz CT molecular complexity index is 320. The molecule has 14 heavy (non-hydrogen) atoms. The molecular formula is C12H17NO. The molecule has 2 nitrogen and oxygen atoms in total. The molecule has 76 valence electrons. The molecule has 0 saturated carbocycles. The van der Waals surface area contributed by atoms with Crippen LogP contribution in [0.3, 0.4) is 0 Å². The lowest BCUT2D eigenvalue weighted by Gasteiger charge is -2.11. The van der Waals surface area contributed by atoms with Crippen molar-refractivity contribution in [1.29, 1.82) is 0 Å². The van der Waals surface area contributed by atoms with E-state index in [1.807, 2.05) is 38.1 Å². The zero-order valence-electron chi connectivity index (χ0n) is 9.00. The van der Waals surface area contributed by atoms with E-state index in [1.165, 1.54) is 0 Å². The molecule has 0 unspecified atom stereocenters. The standard InChI is InChI=1S/C12H17NO/c1-4-10(3)13-12(14)11-7-5-6-9(2)8-11/h5-8,10H,4H2,1-3H3,(H,13,14)/t10-/m1/s1. The van der Waals surface area contributed by atoms with E-state index < -0.39 is 0 Å². The molecule has 1 atom stereocenters. The fourth-order valence-electron chi connectivity index (χ4n) is 1.20. The first-order valence-corrected chi connectivity index (χ1v) is 5.01. The molecule has 0 aliphatic carbocycles. The average Bonchev–Trinajstić information content (AvgIpc) is 2.17. The molecule has 0 spiro atoms. The Morgan fingerprint density at radius 3 is 2.79 bits per heavy atom. The van der Waals surface area contributed by atoms with E-state index in [0.717, 1.165) is 17.5 Å². The molecule has 0 bridgehead atoms. The molecule has 1 rings (SSSR count). The maximum Gasteiger partial charge on any atom is 0.251 e. The zero-order valence-corrected chi connectivity index (χ0v) is 9.00. The molecule has 1 amide bonds. The highest BCUT2D eigenvalue weighted by molar-refractivity contribution is 5.94. The van der Waals surface area contributed by atoms with Gasteiger partial charge in [-0.05, 0) is 32.4 Å². The SMILES string of the molecule is CC[C@@H](C)NC(=O)c1cccc(C)c1. The van der Waals surface area contributed by atoms with Crippen molar-refractivity contribution in [1.82, 2.24) is 5.32 Å². The first kappa shape index (κ1) is 10.8. The van der Waals surface area contributed by atoms with Crippen LogP contribution in [0.1, 0.15) is 36.2 Å². The predicted octanol–water partition coefficient (Wildman–Crippen LogP) is 2.52. The van der Waals surface area contributed by atoms with Crippen molar-refractivity contribution in [3.05, 3.63) is 35.4 Å². The van der Waals surface area contributed by atoms with Gasteiger partial charge in [0, 0.05) is 11.6 Å². The number of rotatable bonds is 3. The lowest BCUT2D eigenvalue weighted by molar-refractivity contribution is 0.0939. The summed E-state index contributed by atoms with van der Waals surface area (Å²) in [6, 6.07) is 7.87. The Labute approximate surface area is 85.3 Å². The van der Waals surface area contributed by atoms with Gasteiger partial charge in [-0.3, -0.25) is 4.79 Å². The van der Waals surface area contributed by atoms with Crippen LogP contribution in [0.25, 0.3) is 0 Å². The van der Waals surface area contributed by atoms with Crippen molar-refractivity contribution in [2.75, 3.05) is 0 Å². The summed E-state index contributed by atoms with van der Waals surface area (Å²) in [5, 5.41) is 2.93. The molecule has 0 aliphatic heterocycles. The van der Waals surface area contributed by atoms with Gasteiger partial charge in [-0.15, -0.1) is 0 Å². The Morgan fingerprint density at radius 1 is 1.50 bits per heavy atom. The number of aryl methyl sites for hydroxylation is 1. The van der Waals surface area contributed by atoms with Gasteiger partial charge in [-0.2, -0.15) is 0 Å². The summed E-state index contributed by atoms with van der Waals surface area (Å²) in [7, 11) is 0. The van der Waals surface area contributed by atoms with Crippen molar-refractivity contribution in [3.63, 3.8) is 0 Å². The summed E-state index contributed by atoms with van der Waals surface area (Å²) in [5.74, 6) is 0.0167. The summed E-state index contributed by atoms with van der Waals surface area (Å²) >= 11 is 0. The number of nitrogens with one attached hydrogen (secondary N) is 1. The van der Waals surface area contributed by atoms with Crippen LogP contribution in [0.4, 0.5) is 0 Å². The van der Waals surface area contributed by atoms with Crippen molar-refractivity contribution in [3.8, 4) is 0 Å². The fraction of sp³-hybridized carbons (Fsp3) is 0.417. The highest BCUT2D eigenvalue weighted by atomic mass is 16.1. The predicted molar refractivity (Wildman–Crippen MR) is 58.4 cm³/mol. The smallest absolute Gasteiger partial charge is 0.251 e. The normalized spacial score (nSPS) is 12.2. The van der Waals surface area contributed by atoms with Crippen molar-refractivity contribution in [2.24, 2.45) is 0 Å². The minimum atomic E-state index is 0.0167. The minimum absolute atomic E-state index is 0.0167. The highest BCUT2D eigenvalue weighted by Gasteiger charge is 2.07. The van der Waals surface area contributed by atoms with Gasteiger partial charge in [0.05, 0.1) is 0 Å². The molecule has 0 aliphatic rings. The van der Waals surface area contributed by atoms with Crippen molar-refractivity contribution in [2.45, 2.75) is 33.2 Å². The zero-order chi connectivity index (χ0) is 10.6. The Hall–Kier alpha value is -1.31. The molecule has 1 aromatic carbocycles. The topological polar surface area (TPSA) is 29.1 Å². The maximum atomic E-state index is 11.7. The lowest BCUT2D eigenvalue weighted by atomic mass is 10.1. The lowest BCUT2D eigenvalue weighted by Crippen LogP contribution is -2.31. The van der Waals surface area contributed by atoms with Crippen LogP contribution in [0.5, 0.6) is 0 Å². The van der Waals surface area contributed by atoms with Crippen molar-refractivity contribution < 1.29 is 4.79 Å². The van der Waals surface area contributed by atoms with Gasteiger partial charge in [0.15, 0.2) is 0 Å². The summed E-state index contributed by atoms with van der Waals surface area (Å²) in [6.07, 6.45) is 0.956. The Morgan fingerprint density at radius 2 is 2.21 bits per heavy atom. The number of carbonyl (C=O) groups is 1. The quantitative estimate of drug-likeness (QED) is 0.781. The van der Waals surface area contributed by atoms with Crippen LogP contribution < -0.4 is 5.32 Å². The molecule has 0 aromatic heterocycles. The maximum absolute atomic E-state index is 11.7. The molecule has 2 heteroatoms. The van der Waals surface area contributed by atoms with Gasteiger partial charge >= 0.3 is 0 Å². The number of hydrogen-bond acceptors (Lipinski definition) is 1.